The van der Waals surface area contributed by atoms with Gasteiger partial charge in [0.05, 0.1) is 11.2 Å². The van der Waals surface area contributed by atoms with Gasteiger partial charge in [0.1, 0.15) is 0 Å². The molecular formula is C18H27BO3. The number of allylic oxidation sites excluding steroid dienone is 4. The molecule has 0 unspecified atom stereocenters. The molecule has 1 rings (SSSR count). The standard InChI is InChI=1S/C18H27BO3/c1-10-13(4)15(11-14(5)16(20)12(2)3)19-21-17(6,7)18(8,9)22-19/h1,11-12H,2-9H3/b14-11+,15-13+. The van der Waals surface area contributed by atoms with Crippen molar-refractivity contribution in [2.24, 2.45) is 5.92 Å². The van der Waals surface area contributed by atoms with Crippen molar-refractivity contribution in [3.8, 4) is 12.3 Å². The molecule has 0 saturated carbocycles. The van der Waals surface area contributed by atoms with Crippen molar-refractivity contribution in [1.29, 1.82) is 0 Å². The Kier molecular flexibility index (Phi) is 5.49. The summed E-state index contributed by atoms with van der Waals surface area (Å²) in [5.74, 6) is 2.68. The van der Waals surface area contributed by atoms with E-state index in [-0.39, 0.29) is 11.7 Å². The fourth-order valence-corrected chi connectivity index (χ4v) is 2.17. The van der Waals surface area contributed by atoms with E-state index in [1.54, 1.807) is 13.0 Å². The van der Waals surface area contributed by atoms with Crippen molar-refractivity contribution >= 4 is 12.9 Å². The number of rotatable bonds is 4. The zero-order valence-electron chi connectivity index (χ0n) is 15.0. The van der Waals surface area contributed by atoms with Gasteiger partial charge < -0.3 is 9.31 Å². The van der Waals surface area contributed by atoms with Gasteiger partial charge in [0, 0.05) is 5.92 Å². The Hall–Kier alpha value is -1.31. The molecule has 0 aliphatic carbocycles. The average Bonchev–Trinajstić information content (AvgIpc) is 2.62. The van der Waals surface area contributed by atoms with Gasteiger partial charge in [-0.05, 0) is 58.2 Å². The first-order chi connectivity index (χ1) is 9.93. The molecule has 0 atom stereocenters. The van der Waals surface area contributed by atoms with E-state index < -0.39 is 18.3 Å². The van der Waals surface area contributed by atoms with Crippen molar-refractivity contribution in [2.75, 3.05) is 0 Å². The normalized spacial score (nSPS) is 21.6. The fourth-order valence-electron chi connectivity index (χ4n) is 2.17. The Morgan fingerprint density at radius 1 is 1.14 bits per heavy atom. The van der Waals surface area contributed by atoms with Crippen LogP contribution in [-0.2, 0) is 14.1 Å². The first-order valence-electron chi connectivity index (χ1n) is 7.68. The predicted octanol–water partition coefficient (Wildman–Crippen LogP) is 3.74. The largest absolute Gasteiger partial charge is 0.495 e. The highest BCUT2D eigenvalue weighted by Crippen LogP contribution is 2.39. The first kappa shape index (κ1) is 18.7. The van der Waals surface area contributed by atoms with Crippen molar-refractivity contribution in [3.63, 3.8) is 0 Å². The van der Waals surface area contributed by atoms with Gasteiger partial charge in [-0.1, -0.05) is 25.8 Å². The van der Waals surface area contributed by atoms with Crippen LogP contribution in [0.2, 0.25) is 0 Å². The maximum absolute atomic E-state index is 12.1. The number of terminal acetylenes is 1. The molecule has 1 aliphatic rings. The summed E-state index contributed by atoms with van der Waals surface area (Å²) in [6.07, 6.45) is 7.36. The summed E-state index contributed by atoms with van der Waals surface area (Å²) in [4.78, 5) is 12.1. The fraction of sp³-hybridized carbons (Fsp3) is 0.611. The molecule has 3 nitrogen and oxygen atoms in total. The lowest BCUT2D eigenvalue weighted by molar-refractivity contribution is -0.118. The van der Waals surface area contributed by atoms with Crippen molar-refractivity contribution < 1.29 is 14.1 Å². The van der Waals surface area contributed by atoms with E-state index in [9.17, 15) is 4.79 Å². The van der Waals surface area contributed by atoms with Crippen molar-refractivity contribution in [2.45, 2.75) is 66.6 Å². The lowest BCUT2D eigenvalue weighted by Gasteiger charge is -2.32. The van der Waals surface area contributed by atoms with E-state index in [0.29, 0.717) is 5.57 Å². The number of hydrogen-bond donors (Lipinski definition) is 0. The highest BCUT2D eigenvalue weighted by Gasteiger charge is 2.52. The second-order valence-electron chi connectivity index (χ2n) is 7.16. The molecule has 0 bridgehead atoms. The van der Waals surface area contributed by atoms with Crippen LogP contribution in [0.1, 0.15) is 55.4 Å². The minimum atomic E-state index is -0.559. The van der Waals surface area contributed by atoms with Gasteiger partial charge in [-0.2, -0.15) is 0 Å². The minimum Gasteiger partial charge on any atom is -0.399 e. The molecule has 0 N–H and O–H groups in total. The van der Waals surface area contributed by atoms with Crippen LogP contribution in [0, 0.1) is 18.3 Å². The summed E-state index contributed by atoms with van der Waals surface area (Å²) in [5, 5.41) is 0. The highest BCUT2D eigenvalue weighted by molar-refractivity contribution is 6.56. The monoisotopic (exact) mass is 302 g/mol. The van der Waals surface area contributed by atoms with E-state index in [1.807, 2.05) is 48.5 Å². The number of ketones is 1. The smallest absolute Gasteiger partial charge is 0.399 e. The Labute approximate surface area is 135 Å². The van der Waals surface area contributed by atoms with E-state index in [4.69, 9.17) is 15.7 Å². The average molecular weight is 302 g/mol. The summed E-state index contributed by atoms with van der Waals surface area (Å²) in [5.41, 5.74) is 1.24. The van der Waals surface area contributed by atoms with Gasteiger partial charge >= 0.3 is 7.12 Å². The van der Waals surface area contributed by atoms with E-state index >= 15 is 0 Å². The maximum atomic E-state index is 12.1. The van der Waals surface area contributed by atoms with Crippen LogP contribution in [0.5, 0.6) is 0 Å². The van der Waals surface area contributed by atoms with Gasteiger partial charge in [-0.3, -0.25) is 4.79 Å². The molecule has 0 aromatic rings. The predicted molar refractivity (Wildman–Crippen MR) is 91.2 cm³/mol. The third-order valence-corrected chi connectivity index (χ3v) is 4.44. The second-order valence-corrected chi connectivity index (χ2v) is 7.16. The van der Waals surface area contributed by atoms with E-state index in [0.717, 1.165) is 11.0 Å². The Morgan fingerprint density at radius 3 is 1.95 bits per heavy atom. The van der Waals surface area contributed by atoms with Crippen molar-refractivity contribution in [1.82, 2.24) is 0 Å². The van der Waals surface area contributed by atoms with Crippen LogP contribution >= 0.6 is 0 Å². The van der Waals surface area contributed by atoms with Crippen LogP contribution in [-0.4, -0.2) is 24.1 Å². The zero-order valence-corrected chi connectivity index (χ0v) is 15.0. The summed E-state index contributed by atoms with van der Waals surface area (Å²) < 4.78 is 12.1. The molecule has 0 aromatic heterocycles. The van der Waals surface area contributed by atoms with E-state index in [2.05, 4.69) is 5.92 Å². The molecule has 0 aromatic carbocycles. The molecule has 1 saturated heterocycles. The molecule has 22 heavy (non-hydrogen) atoms. The third kappa shape index (κ3) is 3.71. The molecular weight excluding hydrogens is 275 g/mol. The lowest BCUT2D eigenvalue weighted by atomic mass is 9.74. The van der Waals surface area contributed by atoms with Crippen LogP contribution in [0.4, 0.5) is 0 Å². The summed E-state index contributed by atoms with van der Waals surface area (Å²) in [6.45, 7) is 15.4. The first-order valence-corrected chi connectivity index (χ1v) is 7.68. The minimum absolute atomic E-state index is 0.0538. The number of Topliss-reactive ketones (excluding diaryl/α,β-unsaturated/α-hetero) is 1. The topological polar surface area (TPSA) is 35.5 Å². The van der Waals surface area contributed by atoms with Crippen LogP contribution < -0.4 is 0 Å². The van der Waals surface area contributed by atoms with Gasteiger partial charge in [-0.25, -0.2) is 0 Å². The maximum Gasteiger partial charge on any atom is 0.495 e. The SMILES string of the molecule is C#C/C(C)=C(\C=C(/C)C(=O)C(C)C)B1OC(C)(C)C(C)(C)O1. The van der Waals surface area contributed by atoms with Crippen molar-refractivity contribution in [3.05, 3.63) is 22.7 Å². The third-order valence-electron chi connectivity index (χ3n) is 4.44. The van der Waals surface area contributed by atoms with Crippen LogP contribution in [0.15, 0.2) is 22.7 Å². The Balaban J connectivity index is 3.23. The van der Waals surface area contributed by atoms with Gasteiger partial charge in [0.25, 0.3) is 0 Å². The number of hydrogen-bond acceptors (Lipinski definition) is 3. The van der Waals surface area contributed by atoms with E-state index in [1.165, 1.54) is 0 Å². The van der Waals surface area contributed by atoms with Gasteiger partial charge in [-0.15, -0.1) is 6.42 Å². The van der Waals surface area contributed by atoms with Crippen LogP contribution in [0.25, 0.3) is 0 Å². The molecule has 1 heterocycles. The molecule has 0 radical (unpaired) electrons. The van der Waals surface area contributed by atoms with Gasteiger partial charge in [0.2, 0.25) is 0 Å². The number of carbonyl (C=O) groups excluding carboxylic acids is 1. The highest BCUT2D eigenvalue weighted by atomic mass is 16.7. The van der Waals surface area contributed by atoms with Crippen LogP contribution in [0.3, 0.4) is 0 Å². The summed E-state index contributed by atoms with van der Waals surface area (Å²) >= 11 is 0. The molecule has 4 heteroatoms. The Bertz CT molecular complexity index is 543. The Morgan fingerprint density at radius 2 is 1.59 bits per heavy atom. The van der Waals surface area contributed by atoms with Gasteiger partial charge in [0.15, 0.2) is 5.78 Å². The quantitative estimate of drug-likeness (QED) is 0.343. The molecule has 1 aliphatic heterocycles. The summed E-state index contributed by atoms with van der Waals surface area (Å²) in [7, 11) is -0.559. The second kappa shape index (κ2) is 6.44. The molecule has 1 fully saturated rings. The number of carbonyl (C=O) groups is 1. The lowest BCUT2D eigenvalue weighted by Crippen LogP contribution is -2.41. The molecule has 120 valence electrons. The summed E-state index contributed by atoms with van der Waals surface area (Å²) in [6, 6.07) is 0. The molecule has 0 spiro atoms. The molecule has 0 amide bonds. The zero-order chi connectivity index (χ0) is 17.3.